The minimum atomic E-state index is -3.59. The number of halogens is 1. The highest BCUT2D eigenvalue weighted by Crippen LogP contribution is 2.23. The number of quaternary nitrogens is 1. The summed E-state index contributed by atoms with van der Waals surface area (Å²) in [6.45, 7) is 2.93. The van der Waals surface area contributed by atoms with Crippen LogP contribution in [0.3, 0.4) is 0 Å². The van der Waals surface area contributed by atoms with Crippen molar-refractivity contribution in [1.82, 2.24) is 4.31 Å². The van der Waals surface area contributed by atoms with E-state index in [0.717, 1.165) is 23.6 Å². The molecule has 6 nitrogen and oxygen atoms in total. The first kappa shape index (κ1) is 19.6. The van der Waals surface area contributed by atoms with Gasteiger partial charge in [0.25, 0.3) is 0 Å². The first-order valence-electron chi connectivity index (χ1n) is 8.74. The Morgan fingerprint density at radius 2 is 1.70 bits per heavy atom. The van der Waals surface area contributed by atoms with Crippen molar-refractivity contribution < 1.29 is 27.2 Å². The predicted molar refractivity (Wildman–Crippen MR) is 99.1 cm³/mol. The third-order valence-corrected chi connectivity index (χ3v) is 6.72. The monoisotopic (exact) mass is 395 g/mol. The van der Waals surface area contributed by atoms with Crippen molar-refractivity contribution in [1.29, 1.82) is 0 Å². The first-order chi connectivity index (χ1) is 12.9. The van der Waals surface area contributed by atoms with Crippen LogP contribution in [0.15, 0.2) is 47.4 Å². The van der Waals surface area contributed by atoms with Crippen LogP contribution < -0.4 is 14.4 Å². The smallest absolute Gasteiger partial charge is 0.243 e. The minimum absolute atomic E-state index is 0.127. The lowest BCUT2D eigenvalue weighted by atomic mass is 10.1. The summed E-state index contributed by atoms with van der Waals surface area (Å²) in [6, 6.07) is 10.6. The molecule has 3 rings (SSSR count). The summed E-state index contributed by atoms with van der Waals surface area (Å²) < 4.78 is 50.6. The summed E-state index contributed by atoms with van der Waals surface area (Å²) in [5.74, 6) is 1.11. The number of nitrogens with zero attached hydrogens (tertiary/aromatic N) is 1. The third kappa shape index (κ3) is 4.40. The number of sulfonamides is 1. The number of nitrogens with one attached hydrogen (secondary N) is 1. The highest BCUT2D eigenvalue weighted by molar-refractivity contribution is 7.89. The normalized spacial score (nSPS) is 16.3. The van der Waals surface area contributed by atoms with Crippen molar-refractivity contribution >= 4 is 10.0 Å². The molecule has 0 atom stereocenters. The van der Waals surface area contributed by atoms with Gasteiger partial charge in [-0.25, -0.2) is 12.8 Å². The van der Waals surface area contributed by atoms with Gasteiger partial charge in [0, 0.05) is 0 Å². The Morgan fingerprint density at radius 3 is 2.30 bits per heavy atom. The van der Waals surface area contributed by atoms with Crippen LogP contribution in [0.2, 0.25) is 0 Å². The number of hydrogen-bond acceptors (Lipinski definition) is 4. The lowest BCUT2D eigenvalue weighted by Crippen LogP contribution is -3.13. The SMILES string of the molecule is COc1ccc(OC)c(C[NH+]2CCN(S(=O)(=O)c3ccc(F)cc3)CC2)c1. The van der Waals surface area contributed by atoms with Crippen LogP contribution in [0.5, 0.6) is 11.5 Å². The molecule has 8 heteroatoms. The number of piperazine rings is 1. The van der Waals surface area contributed by atoms with E-state index in [1.54, 1.807) is 14.2 Å². The van der Waals surface area contributed by atoms with Crippen LogP contribution in [0.4, 0.5) is 4.39 Å². The maximum Gasteiger partial charge on any atom is 0.243 e. The van der Waals surface area contributed by atoms with Gasteiger partial charge in [-0.1, -0.05) is 0 Å². The molecule has 0 amide bonds. The Balaban J connectivity index is 1.66. The molecule has 0 spiro atoms. The lowest BCUT2D eigenvalue weighted by Gasteiger charge is -2.31. The summed E-state index contributed by atoms with van der Waals surface area (Å²) in [6.07, 6.45) is 0. The van der Waals surface area contributed by atoms with Gasteiger partial charge in [0.15, 0.2) is 0 Å². The van der Waals surface area contributed by atoms with Crippen molar-refractivity contribution in [3.05, 3.63) is 53.8 Å². The van der Waals surface area contributed by atoms with Crippen LogP contribution in [0.25, 0.3) is 0 Å². The van der Waals surface area contributed by atoms with Gasteiger partial charge in [-0.15, -0.1) is 0 Å². The van der Waals surface area contributed by atoms with Gasteiger partial charge in [-0.2, -0.15) is 4.31 Å². The minimum Gasteiger partial charge on any atom is -0.497 e. The third-order valence-electron chi connectivity index (χ3n) is 4.81. The Bertz CT molecular complexity index is 879. The standard InChI is InChI=1S/C19H23FN2O4S/c1-25-17-5-8-19(26-2)15(13-17)14-21-9-11-22(12-10-21)27(23,24)18-6-3-16(20)4-7-18/h3-8,13H,9-12,14H2,1-2H3/p+1. The van der Waals surface area contributed by atoms with E-state index in [9.17, 15) is 12.8 Å². The molecule has 1 fully saturated rings. The molecule has 0 aromatic heterocycles. The van der Waals surface area contributed by atoms with Crippen LogP contribution in [-0.2, 0) is 16.6 Å². The van der Waals surface area contributed by atoms with Crippen LogP contribution in [-0.4, -0.2) is 53.1 Å². The van der Waals surface area contributed by atoms with Crippen LogP contribution in [0, 0.1) is 5.82 Å². The largest absolute Gasteiger partial charge is 0.497 e. The Morgan fingerprint density at radius 1 is 1.04 bits per heavy atom. The van der Waals surface area contributed by atoms with Crippen LogP contribution >= 0.6 is 0 Å². The van der Waals surface area contributed by atoms with Gasteiger partial charge >= 0.3 is 0 Å². The summed E-state index contributed by atoms with van der Waals surface area (Å²) in [5, 5.41) is 0. The molecule has 0 radical (unpaired) electrons. The lowest BCUT2D eigenvalue weighted by molar-refractivity contribution is -0.917. The fourth-order valence-electron chi connectivity index (χ4n) is 3.26. The molecule has 0 bridgehead atoms. The predicted octanol–water partition coefficient (Wildman–Crippen LogP) is 0.932. The molecule has 1 aliphatic heterocycles. The molecular weight excluding hydrogens is 371 g/mol. The van der Waals surface area contributed by atoms with E-state index in [-0.39, 0.29) is 4.90 Å². The molecule has 27 heavy (non-hydrogen) atoms. The molecule has 1 saturated heterocycles. The summed E-state index contributed by atoms with van der Waals surface area (Å²) in [4.78, 5) is 1.40. The summed E-state index contributed by atoms with van der Waals surface area (Å²) in [7, 11) is -0.335. The molecule has 0 saturated carbocycles. The zero-order valence-electron chi connectivity index (χ0n) is 15.4. The van der Waals surface area contributed by atoms with E-state index < -0.39 is 15.8 Å². The molecular formula is C19H24FN2O4S+. The molecule has 1 aliphatic rings. The first-order valence-corrected chi connectivity index (χ1v) is 10.2. The average molecular weight is 395 g/mol. The highest BCUT2D eigenvalue weighted by Gasteiger charge is 2.30. The number of ether oxygens (including phenoxy) is 2. The molecule has 2 aromatic carbocycles. The van der Waals surface area contributed by atoms with E-state index in [1.807, 2.05) is 18.2 Å². The summed E-state index contributed by atoms with van der Waals surface area (Å²) in [5.41, 5.74) is 1.03. The van der Waals surface area contributed by atoms with Crippen molar-refractivity contribution in [3.63, 3.8) is 0 Å². The second-order valence-corrected chi connectivity index (χ2v) is 8.40. The van der Waals surface area contributed by atoms with E-state index in [2.05, 4.69) is 0 Å². The maximum absolute atomic E-state index is 13.1. The van der Waals surface area contributed by atoms with Crippen molar-refractivity contribution in [3.8, 4) is 11.5 Å². The number of methoxy groups -OCH3 is 2. The Kier molecular flexibility index (Phi) is 5.98. The fourth-order valence-corrected chi connectivity index (χ4v) is 4.71. The topological polar surface area (TPSA) is 60.3 Å². The van der Waals surface area contributed by atoms with Crippen molar-refractivity contribution in [2.24, 2.45) is 0 Å². The van der Waals surface area contributed by atoms with Gasteiger partial charge < -0.3 is 14.4 Å². The van der Waals surface area contributed by atoms with Crippen molar-refractivity contribution in [2.75, 3.05) is 40.4 Å². The van der Waals surface area contributed by atoms with Gasteiger partial charge in [0.1, 0.15) is 23.9 Å². The Hall–Kier alpha value is -2.16. The molecule has 146 valence electrons. The fraction of sp³-hybridized carbons (Fsp3) is 0.368. The second-order valence-electron chi connectivity index (χ2n) is 6.46. The maximum atomic E-state index is 13.1. The second kappa shape index (κ2) is 8.24. The number of hydrogen-bond donors (Lipinski definition) is 1. The van der Waals surface area contributed by atoms with Crippen LogP contribution in [0.1, 0.15) is 5.56 Å². The molecule has 0 unspecified atom stereocenters. The number of rotatable bonds is 6. The quantitative estimate of drug-likeness (QED) is 0.791. The van der Waals surface area contributed by atoms with Gasteiger partial charge in [0.2, 0.25) is 10.0 Å². The van der Waals surface area contributed by atoms with Gasteiger partial charge in [-0.3, -0.25) is 0 Å². The van der Waals surface area contributed by atoms with E-state index in [1.165, 1.54) is 33.5 Å². The average Bonchev–Trinajstić information content (AvgIpc) is 2.68. The van der Waals surface area contributed by atoms with Crippen molar-refractivity contribution in [2.45, 2.75) is 11.4 Å². The van der Waals surface area contributed by atoms with E-state index in [0.29, 0.717) is 26.2 Å². The van der Waals surface area contributed by atoms with Gasteiger partial charge in [0.05, 0.1) is 50.9 Å². The molecule has 1 N–H and O–H groups in total. The Labute approximate surface area is 159 Å². The summed E-state index contributed by atoms with van der Waals surface area (Å²) >= 11 is 0. The zero-order chi connectivity index (χ0) is 19.4. The number of benzene rings is 2. The molecule has 1 heterocycles. The van der Waals surface area contributed by atoms with Gasteiger partial charge in [-0.05, 0) is 42.5 Å². The molecule has 0 aliphatic carbocycles. The molecule has 2 aromatic rings. The van der Waals surface area contributed by atoms with E-state index in [4.69, 9.17) is 9.47 Å². The zero-order valence-corrected chi connectivity index (χ0v) is 16.3. The highest BCUT2D eigenvalue weighted by atomic mass is 32.2. The van der Waals surface area contributed by atoms with E-state index >= 15 is 0 Å².